The van der Waals surface area contributed by atoms with Gasteiger partial charge in [0.15, 0.2) is 11.5 Å². The van der Waals surface area contributed by atoms with Crippen molar-refractivity contribution in [1.82, 2.24) is 35.0 Å². The summed E-state index contributed by atoms with van der Waals surface area (Å²) in [6.07, 6.45) is 9.92. The molecule has 0 radical (unpaired) electrons. The van der Waals surface area contributed by atoms with Crippen molar-refractivity contribution in [2.75, 3.05) is 44.2 Å². The van der Waals surface area contributed by atoms with E-state index >= 15 is 0 Å². The molecule has 5 aromatic rings. The van der Waals surface area contributed by atoms with Crippen molar-refractivity contribution < 1.29 is 4.74 Å². The highest BCUT2D eigenvalue weighted by Crippen LogP contribution is 2.32. The molecular formula is C29H32N8O. The minimum absolute atomic E-state index is 0.662. The van der Waals surface area contributed by atoms with Gasteiger partial charge in [-0.1, -0.05) is 6.07 Å². The molecule has 2 aliphatic heterocycles. The predicted octanol–water partition coefficient (Wildman–Crippen LogP) is 5.03. The Hall–Kier alpha value is -3.98. The van der Waals surface area contributed by atoms with Gasteiger partial charge in [0.25, 0.3) is 0 Å². The van der Waals surface area contributed by atoms with E-state index in [1.54, 1.807) is 6.20 Å². The number of benzene rings is 1. The summed E-state index contributed by atoms with van der Waals surface area (Å²) in [6, 6.07) is 12.4. The molecular weight excluding hydrogens is 476 g/mol. The minimum Gasteiger partial charge on any atom is -0.491 e. The van der Waals surface area contributed by atoms with E-state index in [4.69, 9.17) is 14.7 Å². The van der Waals surface area contributed by atoms with Gasteiger partial charge in [0, 0.05) is 31.4 Å². The maximum absolute atomic E-state index is 6.02. The molecule has 0 saturated carbocycles. The van der Waals surface area contributed by atoms with Gasteiger partial charge in [-0.15, -0.1) is 0 Å². The smallest absolute Gasteiger partial charge is 0.161 e. The maximum Gasteiger partial charge on any atom is 0.161 e. The number of rotatable bonds is 7. The highest BCUT2D eigenvalue weighted by molar-refractivity contribution is 5.95. The van der Waals surface area contributed by atoms with Gasteiger partial charge < -0.3 is 14.6 Å². The molecule has 2 N–H and O–H groups in total. The Bertz CT molecular complexity index is 1560. The molecule has 0 spiro atoms. The first-order valence-corrected chi connectivity index (χ1v) is 13.7. The first-order valence-electron chi connectivity index (χ1n) is 13.7. The summed E-state index contributed by atoms with van der Waals surface area (Å²) in [6.45, 7) is 6.10. The fourth-order valence-corrected chi connectivity index (χ4v) is 5.68. The molecule has 7 rings (SSSR count). The second kappa shape index (κ2) is 10.1. The SMILES string of the molecule is c1cc(N2CCCCC2)c2nc(-c3n[nH]c4ccc(-c5cncc(OCCN6CCCC6)c5)nc34)[nH]c2c1. The van der Waals surface area contributed by atoms with Crippen molar-refractivity contribution in [3.05, 3.63) is 48.8 Å². The van der Waals surface area contributed by atoms with Crippen LogP contribution < -0.4 is 9.64 Å². The lowest BCUT2D eigenvalue weighted by Gasteiger charge is -2.28. The summed E-state index contributed by atoms with van der Waals surface area (Å²) >= 11 is 0. The average Bonchev–Trinajstić information content (AvgIpc) is 3.73. The van der Waals surface area contributed by atoms with Crippen LogP contribution in [0.5, 0.6) is 5.75 Å². The van der Waals surface area contributed by atoms with Gasteiger partial charge in [-0.25, -0.2) is 9.97 Å². The van der Waals surface area contributed by atoms with Crippen molar-refractivity contribution in [3.63, 3.8) is 0 Å². The molecule has 2 aliphatic rings. The minimum atomic E-state index is 0.662. The van der Waals surface area contributed by atoms with Crippen LogP contribution >= 0.6 is 0 Å². The third-order valence-corrected chi connectivity index (χ3v) is 7.70. The van der Waals surface area contributed by atoms with Crippen LogP contribution in [0.3, 0.4) is 0 Å². The Balaban J connectivity index is 1.18. The number of ether oxygens (including phenoxy) is 1. The van der Waals surface area contributed by atoms with Crippen LogP contribution in [-0.4, -0.2) is 74.4 Å². The first-order chi connectivity index (χ1) is 18.8. The molecule has 4 aromatic heterocycles. The topological polar surface area (TPSA) is 98.8 Å². The summed E-state index contributed by atoms with van der Waals surface area (Å²) in [5.41, 5.74) is 7.28. The summed E-state index contributed by atoms with van der Waals surface area (Å²) < 4.78 is 6.02. The lowest BCUT2D eigenvalue weighted by molar-refractivity contribution is 0.237. The van der Waals surface area contributed by atoms with Crippen LogP contribution in [0.25, 0.3) is 44.8 Å². The number of piperidine rings is 1. The van der Waals surface area contributed by atoms with Gasteiger partial charge in [-0.05, 0) is 75.5 Å². The number of hydrogen-bond donors (Lipinski definition) is 2. The van der Waals surface area contributed by atoms with Crippen LogP contribution in [0, 0.1) is 0 Å². The van der Waals surface area contributed by atoms with Crippen LogP contribution in [0.1, 0.15) is 32.1 Å². The number of hydrogen-bond acceptors (Lipinski definition) is 7. The van der Waals surface area contributed by atoms with E-state index in [-0.39, 0.29) is 0 Å². The van der Waals surface area contributed by atoms with Crippen molar-refractivity contribution in [2.45, 2.75) is 32.1 Å². The number of fused-ring (bicyclic) bond motifs is 2. The van der Waals surface area contributed by atoms with Crippen LogP contribution in [0.4, 0.5) is 5.69 Å². The molecule has 38 heavy (non-hydrogen) atoms. The van der Waals surface area contributed by atoms with E-state index in [0.717, 1.165) is 64.5 Å². The molecule has 0 amide bonds. The molecule has 0 aliphatic carbocycles. The summed E-state index contributed by atoms with van der Waals surface area (Å²) in [5.74, 6) is 1.48. The summed E-state index contributed by atoms with van der Waals surface area (Å²) in [7, 11) is 0. The van der Waals surface area contributed by atoms with Gasteiger partial charge in [0.1, 0.15) is 23.4 Å². The van der Waals surface area contributed by atoms with Crippen molar-refractivity contribution in [1.29, 1.82) is 0 Å². The number of imidazole rings is 1. The number of nitrogens with zero attached hydrogens (tertiary/aromatic N) is 6. The Kier molecular flexibility index (Phi) is 6.13. The van der Waals surface area contributed by atoms with E-state index in [1.807, 2.05) is 24.4 Å². The normalized spacial score (nSPS) is 16.6. The Morgan fingerprint density at radius 3 is 2.61 bits per heavy atom. The Morgan fingerprint density at radius 2 is 1.71 bits per heavy atom. The van der Waals surface area contributed by atoms with E-state index in [0.29, 0.717) is 12.3 Å². The molecule has 9 heteroatoms. The fraction of sp³-hybridized carbons (Fsp3) is 0.379. The van der Waals surface area contributed by atoms with Crippen molar-refractivity contribution >= 4 is 27.8 Å². The number of H-pyrrole nitrogens is 2. The number of nitrogens with one attached hydrogen (secondary N) is 2. The lowest BCUT2D eigenvalue weighted by Crippen LogP contribution is -2.29. The average molecular weight is 509 g/mol. The van der Waals surface area contributed by atoms with Crippen LogP contribution in [0.15, 0.2) is 48.8 Å². The fourth-order valence-electron chi connectivity index (χ4n) is 5.68. The standard InChI is InChI=1S/C29H32N8O/c1-2-13-37(14-3-1)25-8-6-7-23-26(25)33-29(32-23)28-27-24(34-35-28)10-9-22(31-27)20-17-21(19-30-18-20)38-16-15-36-11-4-5-12-36/h6-10,17-19H,1-5,11-16H2,(H,32,33)(H,34,35). The molecule has 0 atom stereocenters. The van der Waals surface area contributed by atoms with E-state index < -0.39 is 0 Å². The van der Waals surface area contributed by atoms with E-state index in [2.05, 4.69) is 48.2 Å². The summed E-state index contributed by atoms with van der Waals surface area (Å²) in [4.78, 5) is 22.8. The second-order valence-corrected chi connectivity index (χ2v) is 10.3. The van der Waals surface area contributed by atoms with Crippen LogP contribution in [-0.2, 0) is 0 Å². The molecule has 1 aromatic carbocycles. The van der Waals surface area contributed by atoms with Gasteiger partial charge in [-0.2, -0.15) is 5.10 Å². The van der Waals surface area contributed by atoms with Crippen molar-refractivity contribution in [2.24, 2.45) is 0 Å². The second-order valence-electron chi connectivity index (χ2n) is 10.3. The number of aromatic nitrogens is 6. The summed E-state index contributed by atoms with van der Waals surface area (Å²) in [5, 5.41) is 7.72. The number of para-hydroxylation sites is 1. The van der Waals surface area contributed by atoms with Gasteiger partial charge in [-0.3, -0.25) is 15.0 Å². The van der Waals surface area contributed by atoms with Gasteiger partial charge in [0.05, 0.1) is 28.6 Å². The quantitative estimate of drug-likeness (QED) is 0.318. The lowest BCUT2D eigenvalue weighted by atomic mass is 10.1. The number of likely N-dealkylation sites (tertiary alicyclic amines) is 1. The molecule has 6 heterocycles. The zero-order valence-corrected chi connectivity index (χ0v) is 21.5. The largest absolute Gasteiger partial charge is 0.491 e. The van der Waals surface area contributed by atoms with E-state index in [9.17, 15) is 0 Å². The molecule has 0 unspecified atom stereocenters. The molecule has 9 nitrogen and oxygen atoms in total. The first kappa shape index (κ1) is 23.2. The third-order valence-electron chi connectivity index (χ3n) is 7.70. The van der Waals surface area contributed by atoms with Crippen molar-refractivity contribution in [3.8, 4) is 28.5 Å². The molecule has 194 valence electrons. The zero-order valence-electron chi connectivity index (χ0n) is 21.5. The molecule has 2 saturated heterocycles. The van der Waals surface area contributed by atoms with Gasteiger partial charge in [0.2, 0.25) is 0 Å². The molecule has 0 bridgehead atoms. The highest BCUT2D eigenvalue weighted by Gasteiger charge is 2.19. The number of pyridine rings is 2. The van der Waals surface area contributed by atoms with E-state index in [1.165, 1.54) is 50.9 Å². The Morgan fingerprint density at radius 1 is 0.842 bits per heavy atom. The van der Waals surface area contributed by atoms with Gasteiger partial charge >= 0.3 is 0 Å². The zero-order chi connectivity index (χ0) is 25.3. The monoisotopic (exact) mass is 508 g/mol. The van der Waals surface area contributed by atoms with Crippen LogP contribution in [0.2, 0.25) is 0 Å². The number of aromatic amines is 2. The highest BCUT2D eigenvalue weighted by atomic mass is 16.5. The predicted molar refractivity (Wildman–Crippen MR) is 149 cm³/mol. The third kappa shape index (κ3) is 4.47. The Labute approximate surface area is 221 Å². The molecule has 2 fully saturated rings. The maximum atomic E-state index is 6.02. The number of anilines is 1.